The van der Waals surface area contributed by atoms with E-state index in [-0.39, 0.29) is 11.8 Å². The third kappa shape index (κ3) is 2.25. The van der Waals surface area contributed by atoms with Gasteiger partial charge in [-0.1, -0.05) is 30.9 Å². The van der Waals surface area contributed by atoms with E-state index in [0.29, 0.717) is 0 Å². The first-order valence-electron chi connectivity index (χ1n) is 5.68. The molecule has 1 aliphatic carbocycles. The lowest BCUT2D eigenvalue weighted by Gasteiger charge is -2.11. The summed E-state index contributed by atoms with van der Waals surface area (Å²) in [5.74, 6) is 2.86. The zero-order chi connectivity index (χ0) is 11.4. The van der Waals surface area contributed by atoms with Crippen molar-refractivity contribution >= 4 is 11.6 Å². The quantitative estimate of drug-likeness (QED) is 0.752. The standard InChI is InChI=1S/C14H15NO/c1-2-11-7-5-6-10-13(11)15-14(16)12-8-3-4-9-12/h1,5-7,10,12H,3-4,8-9H2,(H,15,16). The summed E-state index contributed by atoms with van der Waals surface area (Å²) in [6, 6.07) is 7.44. The molecule has 1 saturated carbocycles. The molecule has 1 amide bonds. The molecular formula is C14H15NO. The number of carbonyl (C=O) groups is 1. The summed E-state index contributed by atoms with van der Waals surface area (Å²) >= 11 is 0. The highest BCUT2D eigenvalue weighted by Crippen LogP contribution is 2.26. The summed E-state index contributed by atoms with van der Waals surface area (Å²) in [6.45, 7) is 0. The Morgan fingerprint density at radius 3 is 2.69 bits per heavy atom. The fraction of sp³-hybridized carbons (Fsp3) is 0.357. The first-order valence-corrected chi connectivity index (χ1v) is 5.68. The van der Waals surface area contributed by atoms with Gasteiger partial charge in [0.2, 0.25) is 5.91 Å². The fourth-order valence-electron chi connectivity index (χ4n) is 2.14. The maximum atomic E-state index is 11.9. The molecular weight excluding hydrogens is 198 g/mol. The highest BCUT2D eigenvalue weighted by atomic mass is 16.1. The van der Waals surface area contributed by atoms with Gasteiger partial charge in [-0.15, -0.1) is 6.42 Å². The molecule has 0 bridgehead atoms. The van der Waals surface area contributed by atoms with Gasteiger partial charge in [0, 0.05) is 11.5 Å². The van der Waals surface area contributed by atoms with Gasteiger partial charge in [0.15, 0.2) is 0 Å². The Balaban J connectivity index is 2.08. The van der Waals surface area contributed by atoms with Crippen LogP contribution in [-0.2, 0) is 4.79 Å². The maximum Gasteiger partial charge on any atom is 0.227 e. The van der Waals surface area contributed by atoms with E-state index in [1.807, 2.05) is 24.3 Å². The number of hydrogen-bond acceptors (Lipinski definition) is 1. The molecule has 0 aliphatic heterocycles. The Hall–Kier alpha value is -1.75. The van der Waals surface area contributed by atoms with Crippen LogP contribution >= 0.6 is 0 Å². The largest absolute Gasteiger partial charge is 0.325 e. The maximum absolute atomic E-state index is 11.9. The van der Waals surface area contributed by atoms with Crippen LogP contribution in [0.4, 0.5) is 5.69 Å². The van der Waals surface area contributed by atoms with E-state index in [2.05, 4.69) is 11.2 Å². The number of terminal acetylenes is 1. The van der Waals surface area contributed by atoms with Gasteiger partial charge in [-0.25, -0.2) is 0 Å². The van der Waals surface area contributed by atoms with Crippen LogP contribution in [0, 0.1) is 18.3 Å². The number of hydrogen-bond donors (Lipinski definition) is 1. The van der Waals surface area contributed by atoms with Crippen molar-refractivity contribution in [2.24, 2.45) is 5.92 Å². The third-order valence-electron chi connectivity index (χ3n) is 3.07. The summed E-state index contributed by atoms with van der Waals surface area (Å²) in [5.41, 5.74) is 1.50. The van der Waals surface area contributed by atoms with Crippen LogP contribution in [0.5, 0.6) is 0 Å². The molecule has 1 aromatic carbocycles. The molecule has 0 saturated heterocycles. The number of amides is 1. The minimum atomic E-state index is 0.111. The number of para-hydroxylation sites is 1. The van der Waals surface area contributed by atoms with Crippen LogP contribution in [0.15, 0.2) is 24.3 Å². The molecule has 2 rings (SSSR count). The zero-order valence-electron chi connectivity index (χ0n) is 9.20. The van der Waals surface area contributed by atoms with E-state index in [4.69, 9.17) is 6.42 Å². The molecule has 1 aromatic rings. The van der Waals surface area contributed by atoms with Crippen molar-refractivity contribution in [1.29, 1.82) is 0 Å². The molecule has 82 valence electrons. The summed E-state index contributed by atoms with van der Waals surface area (Å²) in [7, 11) is 0. The van der Waals surface area contributed by atoms with E-state index in [0.717, 1.165) is 36.9 Å². The summed E-state index contributed by atoms with van der Waals surface area (Å²) in [4.78, 5) is 11.9. The number of rotatable bonds is 2. The van der Waals surface area contributed by atoms with E-state index in [1.165, 1.54) is 0 Å². The van der Waals surface area contributed by atoms with Crippen LogP contribution < -0.4 is 5.32 Å². The fourth-order valence-corrected chi connectivity index (χ4v) is 2.14. The predicted octanol–water partition coefficient (Wildman–Crippen LogP) is 2.80. The average Bonchev–Trinajstić information content (AvgIpc) is 2.83. The van der Waals surface area contributed by atoms with Gasteiger partial charge >= 0.3 is 0 Å². The second kappa shape index (κ2) is 4.85. The lowest BCUT2D eigenvalue weighted by atomic mass is 10.1. The SMILES string of the molecule is C#Cc1ccccc1NC(=O)C1CCCC1. The molecule has 1 aliphatic rings. The molecule has 0 heterocycles. The molecule has 0 radical (unpaired) electrons. The number of nitrogens with one attached hydrogen (secondary N) is 1. The first-order chi connectivity index (χ1) is 7.81. The van der Waals surface area contributed by atoms with Gasteiger partial charge < -0.3 is 5.32 Å². The van der Waals surface area contributed by atoms with Crippen molar-refractivity contribution in [3.05, 3.63) is 29.8 Å². The molecule has 0 spiro atoms. The van der Waals surface area contributed by atoms with Crippen LogP contribution in [0.3, 0.4) is 0 Å². The first kappa shape index (κ1) is 10.8. The van der Waals surface area contributed by atoms with Crippen LogP contribution in [0.2, 0.25) is 0 Å². The van der Waals surface area contributed by atoms with E-state index in [1.54, 1.807) is 0 Å². The Morgan fingerprint density at radius 2 is 2.00 bits per heavy atom. The second-order valence-corrected chi connectivity index (χ2v) is 4.16. The molecule has 1 N–H and O–H groups in total. The molecule has 1 fully saturated rings. The highest BCUT2D eigenvalue weighted by molar-refractivity contribution is 5.93. The van der Waals surface area contributed by atoms with Crippen molar-refractivity contribution in [3.63, 3.8) is 0 Å². The summed E-state index contributed by atoms with van der Waals surface area (Å²) < 4.78 is 0. The highest BCUT2D eigenvalue weighted by Gasteiger charge is 2.22. The van der Waals surface area contributed by atoms with Gasteiger partial charge in [-0.05, 0) is 25.0 Å². The number of benzene rings is 1. The van der Waals surface area contributed by atoms with E-state index in [9.17, 15) is 4.79 Å². The Bertz CT molecular complexity index is 425. The van der Waals surface area contributed by atoms with E-state index < -0.39 is 0 Å². The van der Waals surface area contributed by atoms with Crippen LogP contribution in [-0.4, -0.2) is 5.91 Å². The van der Waals surface area contributed by atoms with Crippen LogP contribution in [0.1, 0.15) is 31.2 Å². The number of carbonyl (C=O) groups excluding carboxylic acids is 1. The molecule has 0 atom stereocenters. The zero-order valence-corrected chi connectivity index (χ0v) is 9.20. The van der Waals surface area contributed by atoms with Gasteiger partial charge in [0.05, 0.1) is 5.69 Å². The molecule has 0 aromatic heterocycles. The lowest BCUT2D eigenvalue weighted by Crippen LogP contribution is -2.20. The van der Waals surface area contributed by atoms with Crippen LogP contribution in [0.25, 0.3) is 0 Å². The van der Waals surface area contributed by atoms with E-state index >= 15 is 0 Å². The minimum absolute atomic E-state index is 0.111. The predicted molar refractivity (Wildman–Crippen MR) is 65.0 cm³/mol. The van der Waals surface area contributed by atoms with Crippen molar-refractivity contribution in [1.82, 2.24) is 0 Å². The normalized spacial score (nSPS) is 15.7. The van der Waals surface area contributed by atoms with Gasteiger partial charge in [0.1, 0.15) is 0 Å². The molecule has 16 heavy (non-hydrogen) atoms. The third-order valence-corrected chi connectivity index (χ3v) is 3.07. The monoisotopic (exact) mass is 213 g/mol. The number of anilines is 1. The summed E-state index contributed by atoms with van der Waals surface area (Å²) in [6.07, 6.45) is 9.71. The smallest absolute Gasteiger partial charge is 0.227 e. The lowest BCUT2D eigenvalue weighted by molar-refractivity contribution is -0.119. The van der Waals surface area contributed by atoms with Gasteiger partial charge in [-0.3, -0.25) is 4.79 Å². The Morgan fingerprint density at radius 1 is 1.31 bits per heavy atom. The minimum Gasteiger partial charge on any atom is -0.325 e. The van der Waals surface area contributed by atoms with Crippen molar-refractivity contribution in [2.45, 2.75) is 25.7 Å². The Labute approximate surface area is 96.1 Å². The molecule has 2 heteroatoms. The van der Waals surface area contributed by atoms with Gasteiger partial charge in [-0.2, -0.15) is 0 Å². The molecule has 2 nitrogen and oxygen atoms in total. The van der Waals surface area contributed by atoms with Gasteiger partial charge in [0.25, 0.3) is 0 Å². The second-order valence-electron chi connectivity index (χ2n) is 4.16. The Kier molecular flexibility index (Phi) is 3.26. The van der Waals surface area contributed by atoms with Crippen molar-refractivity contribution in [3.8, 4) is 12.3 Å². The van der Waals surface area contributed by atoms with Crippen molar-refractivity contribution in [2.75, 3.05) is 5.32 Å². The molecule has 0 unspecified atom stereocenters. The topological polar surface area (TPSA) is 29.1 Å². The van der Waals surface area contributed by atoms with Crippen molar-refractivity contribution < 1.29 is 4.79 Å². The average molecular weight is 213 g/mol. The summed E-state index contributed by atoms with van der Waals surface area (Å²) in [5, 5.41) is 2.92.